The van der Waals surface area contributed by atoms with Crippen molar-refractivity contribution in [1.29, 1.82) is 0 Å². The number of carbonyl (C=O) groups excluding carboxylic acids is 1. The summed E-state index contributed by atoms with van der Waals surface area (Å²) in [5, 5.41) is 2.94. The predicted octanol–water partition coefficient (Wildman–Crippen LogP) is 2.85. The second kappa shape index (κ2) is 8.15. The van der Waals surface area contributed by atoms with Crippen molar-refractivity contribution in [2.75, 3.05) is 6.54 Å². The lowest BCUT2D eigenvalue weighted by Gasteiger charge is -2.08. The molecule has 0 saturated heterocycles. The monoisotopic (exact) mass is 335 g/mol. The normalized spacial score (nSPS) is 10.6. The Labute approximate surface area is 146 Å². The molecule has 0 atom stereocenters. The van der Waals surface area contributed by atoms with Crippen LogP contribution in [-0.2, 0) is 6.54 Å². The molecule has 0 unspecified atom stereocenters. The fraction of sp³-hybridized carbons (Fsp3) is 0.200. The predicted molar refractivity (Wildman–Crippen MR) is 98.0 cm³/mol. The highest BCUT2D eigenvalue weighted by Crippen LogP contribution is 2.11. The van der Waals surface area contributed by atoms with Gasteiger partial charge in [-0.25, -0.2) is 0 Å². The van der Waals surface area contributed by atoms with Crippen LogP contribution in [0.25, 0.3) is 5.69 Å². The lowest BCUT2D eigenvalue weighted by molar-refractivity contribution is 0.0953. The summed E-state index contributed by atoms with van der Waals surface area (Å²) in [5.74, 6) is -0.0779. The number of aromatic nitrogens is 2. The molecule has 0 radical (unpaired) electrons. The zero-order valence-corrected chi connectivity index (χ0v) is 14.0. The molecule has 0 fully saturated rings. The van der Waals surface area contributed by atoms with E-state index in [1.54, 1.807) is 22.9 Å². The van der Waals surface area contributed by atoms with Gasteiger partial charge in [-0.05, 0) is 49.2 Å². The minimum Gasteiger partial charge on any atom is -0.352 e. The second-order valence-electron chi connectivity index (χ2n) is 5.84. The van der Waals surface area contributed by atoms with Crippen molar-refractivity contribution in [3.05, 3.63) is 89.1 Å². The van der Waals surface area contributed by atoms with Crippen LogP contribution in [0, 0.1) is 0 Å². The smallest absolute Gasteiger partial charge is 0.251 e. The molecule has 5 nitrogen and oxygen atoms in total. The van der Waals surface area contributed by atoms with E-state index in [0.717, 1.165) is 18.5 Å². The first-order valence-electron chi connectivity index (χ1n) is 8.41. The number of hydrogen-bond acceptors (Lipinski definition) is 2. The quantitative estimate of drug-likeness (QED) is 0.675. The molecule has 1 aromatic carbocycles. The van der Waals surface area contributed by atoms with E-state index in [-0.39, 0.29) is 11.5 Å². The molecule has 0 spiro atoms. The Kier molecular flexibility index (Phi) is 5.46. The van der Waals surface area contributed by atoms with Crippen LogP contribution in [0.4, 0.5) is 0 Å². The number of amides is 1. The van der Waals surface area contributed by atoms with Gasteiger partial charge in [0.05, 0.1) is 0 Å². The fourth-order valence-corrected chi connectivity index (χ4v) is 2.67. The van der Waals surface area contributed by atoms with Gasteiger partial charge >= 0.3 is 0 Å². The molecule has 1 amide bonds. The average molecular weight is 335 g/mol. The van der Waals surface area contributed by atoms with Crippen LogP contribution in [0.5, 0.6) is 0 Å². The van der Waals surface area contributed by atoms with E-state index in [2.05, 4.69) is 5.32 Å². The molecular weight excluding hydrogens is 314 g/mol. The van der Waals surface area contributed by atoms with Crippen molar-refractivity contribution in [2.24, 2.45) is 0 Å². The Morgan fingerprint density at radius 2 is 1.72 bits per heavy atom. The molecule has 2 heterocycles. The first-order chi connectivity index (χ1) is 12.2. The van der Waals surface area contributed by atoms with Crippen LogP contribution in [0.1, 0.15) is 23.2 Å². The molecular formula is C20H21N3O2. The van der Waals surface area contributed by atoms with Crippen LogP contribution >= 0.6 is 0 Å². The van der Waals surface area contributed by atoms with Crippen LogP contribution in [0.15, 0.2) is 78.0 Å². The molecule has 25 heavy (non-hydrogen) atoms. The summed E-state index contributed by atoms with van der Waals surface area (Å²) in [6, 6.07) is 16.6. The van der Waals surface area contributed by atoms with Crippen LogP contribution < -0.4 is 10.9 Å². The van der Waals surface area contributed by atoms with Crippen molar-refractivity contribution in [2.45, 2.75) is 19.4 Å². The van der Waals surface area contributed by atoms with E-state index >= 15 is 0 Å². The first-order valence-corrected chi connectivity index (χ1v) is 8.41. The summed E-state index contributed by atoms with van der Waals surface area (Å²) >= 11 is 0. The third kappa shape index (κ3) is 4.47. The number of rotatable bonds is 7. The van der Waals surface area contributed by atoms with Gasteiger partial charge in [-0.2, -0.15) is 0 Å². The lowest BCUT2D eigenvalue weighted by atomic mass is 10.2. The number of hydrogen-bond donors (Lipinski definition) is 1. The zero-order valence-electron chi connectivity index (χ0n) is 14.0. The van der Waals surface area contributed by atoms with Gasteiger partial charge in [-0.3, -0.25) is 9.59 Å². The maximum Gasteiger partial charge on any atom is 0.251 e. The third-order valence-corrected chi connectivity index (χ3v) is 4.02. The molecule has 0 aliphatic heterocycles. The van der Waals surface area contributed by atoms with Gasteiger partial charge in [0.2, 0.25) is 5.56 Å². The van der Waals surface area contributed by atoms with Gasteiger partial charge < -0.3 is 14.5 Å². The van der Waals surface area contributed by atoms with Gasteiger partial charge in [0, 0.05) is 49.0 Å². The third-order valence-electron chi connectivity index (χ3n) is 4.02. The highest BCUT2D eigenvalue weighted by atomic mass is 16.1. The van der Waals surface area contributed by atoms with Gasteiger partial charge in [0.25, 0.3) is 5.91 Å². The van der Waals surface area contributed by atoms with E-state index in [1.807, 2.05) is 59.4 Å². The number of unbranched alkanes of at least 4 members (excludes halogenated alkanes) is 1. The fourth-order valence-electron chi connectivity index (χ4n) is 2.67. The van der Waals surface area contributed by atoms with E-state index in [9.17, 15) is 9.59 Å². The summed E-state index contributed by atoms with van der Waals surface area (Å²) < 4.78 is 3.65. The minimum absolute atomic E-state index is 0.00774. The van der Waals surface area contributed by atoms with Crippen molar-refractivity contribution in [3.63, 3.8) is 0 Å². The van der Waals surface area contributed by atoms with Gasteiger partial charge in [-0.15, -0.1) is 0 Å². The number of pyridine rings is 1. The Morgan fingerprint density at radius 3 is 2.52 bits per heavy atom. The SMILES string of the molecule is O=C(NCCCCn1ccccc1=O)c1cccc(-n2cccc2)c1. The summed E-state index contributed by atoms with van der Waals surface area (Å²) in [6.45, 7) is 1.26. The topological polar surface area (TPSA) is 56.0 Å². The van der Waals surface area contributed by atoms with Crippen LogP contribution in [0.3, 0.4) is 0 Å². The van der Waals surface area contributed by atoms with Crippen LogP contribution in [-0.4, -0.2) is 21.6 Å². The van der Waals surface area contributed by atoms with Crippen molar-refractivity contribution in [3.8, 4) is 5.69 Å². The number of nitrogens with one attached hydrogen (secondary N) is 1. The Balaban J connectivity index is 1.47. The standard InChI is InChI=1S/C20H21N3O2/c24-19-10-1-3-14-23(19)15-4-2-11-21-20(25)17-8-7-9-18(16-17)22-12-5-6-13-22/h1,3,5-10,12-14,16H,2,4,11,15H2,(H,21,25). The number of nitrogens with zero attached hydrogens (tertiary/aromatic N) is 2. The number of aryl methyl sites for hydroxylation is 1. The molecule has 5 heteroatoms. The van der Waals surface area contributed by atoms with Crippen LogP contribution in [0.2, 0.25) is 0 Å². The minimum atomic E-state index is -0.0779. The van der Waals surface area contributed by atoms with E-state index < -0.39 is 0 Å². The molecule has 0 saturated carbocycles. The maximum atomic E-state index is 12.3. The highest BCUT2D eigenvalue weighted by molar-refractivity contribution is 5.94. The number of benzene rings is 1. The maximum absolute atomic E-state index is 12.3. The van der Waals surface area contributed by atoms with E-state index in [1.165, 1.54) is 0 Å². The van der Waals surface area contributed by atoms with Crippen molar-refractivity contribution < 1.29 is 4.79 Å². The van der Waals surface area contributed by atoms with E-state index in [4.69, 9.17) is 0 Å². The summed E-state index contributed by atoms with van der Waals surface area (Å²) in [7, 11) is 0. The van der Waals surface area contributed by atoms with Gasteiger partial charge in [0.15, 0.2) is 0 Å². The van der Waals surface area contributed by atoms with E-state index in [0.29, 0.717) is 18.7 Å². The molecule has 3 aromatic rings. The largest absolute Gasteiger partial charge is 0.352 e. The van der Waals surface area contributed by atoms with Gasteiger partial charge in [0.1, 0.15) is 0 Å². The number of carbonyl (C=O) groups is 1. The van der Waals surface area contributed by atoms with Gasteiger partial charge in [-0.1, -0.05) is 12.1 Å². The molecule has 0 aliphatic rings. The summed E-state index contributed by atoms with van der Waals surface area (Å²) in [4.78, 5) is 23.9. The zero-order chi connectivity index (χ0) is 17.5. The first kappa shape index (κ1) is 16.8. The lowest BCUT2D eigenvalue weighted by Crippen LogP contribution is -2.25. The highest BCUT2D eigenvalue weighted by Gasteiger charge is 2.06. The Bertz CT molecular complexity index is 882. The molecule has 3 rings (SSSR count). The molecule has 0 aliphatic carbocycles. The Hall–Kier alpha value is -3.08. The average Bonchev–Trinajstić information content (AvgIpc) is 3.17. The second-order valence-corrected chi connectivity index (χ2v) is 5.84. The molecule has 1 N–H and O–H groups in total. The Morgan fingerprint density at radius 1 is 0.920 bits per heavy atom. The summed E-state index contributed by atoms with van der Waals surface area (Å²) in [6.07, 6.45) is 7.34. The molecule has 128 valence electrons. The summed E-state index contributed by atoms with van der Waals surface area (Å²) in [5.41, 5.74) is 1.61. The molecule has 0 bridgehead atoms. The molecule has 2 aromatic heterocycles. The van der Waals surface area contributed by atoms with Crippen molar-refractivity contribution in [1.82, 2.24) is 14.5 Å². The van der Waals surface area contributed by atoms with Crippen molar-refractivity contribution >= 4 is 5.91 Å².